The Balaban J connectivity index is 2.15. The predicted octanol–water partition coefficient (Wildman–Crippen LogP) is 4.86. The van der Waals surface area contributed by atoms with Crippen molar-refractivity contribution in [3.05, 3.63) is 42.4 Å². The van der Waals surface area contributed by atoms with E-state index in [1.54, 1.807) is 0 Å². The molecule has 1 aliphatic heterocycles. The van der Waals surface area contributed by atoms with E-state index in [1.807, 2.05) is 18.3 Å². The fourth-order valence-corrected chi connectivity index (χ4v) is 3.38. The molecule has 3 rings (SSSR count). The van der Waals surface area contributed by atoms with Crippen LogP contribution < -0.4 is 0 Å². The van der Waals surface area contributed by atoms with Crippen molar-refractivity contribution in [2.75, 3.05) is 6.61 Å². The average molecular weight is 513 g/mol. The molecule has 2 aromatic heterocycles. The SMILES string of the molecule is Clc1ccc(I)nc1-c1cc(I)cnc1C1CCCO1. The first-order valence-electron chi connectivity index (χ1n) is 6.24. The van der Waals surface area contributed by atoms with Gasteiger partial charge in [0.15, 0.2) is 0 Å². The van der Waals surface area contributed by atoms with Gasteiger partial charge in [-0.15, -0.1) is 0 Å². The van der Waals surface area contributed by atoms with Crippen LogP contribution >= 0.6 is 56.8 Å². The number of ether oxygens (including phenoxy) is 1. The largest absolute Gasteiger partial charge is 0.372 e. The normalized spacial score (nSPS) is 18.4. The molecule has 1 aliphatic rings. The Hall–Kier alpha value is 0.01000. The van der Waals surface area contributed by atoms with E-state index in [0.29, 0.717) is 5.02 Å². The molecule has 0 bridgehead atoms. The third kappa shape index (κ3) is 3.10. The van der Waals surface area contributed by atoms with E-state index in [2.05, 4.69) is 61.2 Å². The molecule has 3 nitrogen and oxygen atoms in total. The first kappa shape index (κ1) is 14.9. The van der Waals surface area contributed by atoms with Gasteiger partial charge in [-0.25, -0.2) is 4.98 Å². The molecule has 0 N–H and O–H groups in total. The van der Waals surface area contributed by atoms with Gasteiger partial charge in [0.2, 0.25) is 0 Å². The van der Waals surface area contributed by atoms with Crippen molar-refractivity contribution in [2.24, 2.45) is 0 Å². The van der Waals surface area contributed by atoms with Gasteiger partial charge in [-0.05, 0) is 76.2 Å². The van der Waals surface area contributed by atoms with E-state index in [4.69, 9.17) is 16.3 Å². The summed E-state index contributed by atoms with van der Waals surface area (Å²) in [5, 5.41) is 0.647. The Kier molecular flexibility index (Phi) is 4.79. The van der Waals surface area contributed by atoms with Gasteiger partial charge in [-0.1, -0.05) is 11.6 Å². The highest BCUT2D eigenvalue weighted by Gasteiger charge is 2.24. The summed E-state index contributed by atoms with van der Waals surface area (Å²) in [5.74, 6) is 0. The summed E-state index contributed by atoms with van der Waals surface area (Å²) in [6.07, 6.45) is 3.99. The molecule has 20 heavy (non-hydrogen) atoms. The summed E-state index contributed by atoms with van der Waals surface area (Å²) < 4.78 is 7.76. The third-order valence-corrected chi connectivity index (χ3v) is 4.68. The summed E-state index contributed by atoms with van der Waals surface area (Å²) in [7, 11) is 0. The van der Waals surface area contributed by atoms with Crippen LogP contribution in [0.1, 0.15) is 24.6 Å². The monoisotopic (exact) mass is 512 g/mol. The number of halogens is 3. The first-order chi connectivity index (χ1) is 9.65. The lowest BCUT2D eigenvalue weighted by molar-refractivity contribution is 0.109. The zero-order chi connectivity index (χ0) is 14.1. The zero-order valence-electron chi connectivity index (χ0n) is 10.4. The number of hydrogen-bond acceptors (Lipinski definition) is 3. The average Bonchev–Trinajstić information content (AvgIpc) is 2.95. The number of pyridine rings is 2. The lowest BCUT2D eigenvalue weighted by atomic mass is 10.0. The number of aromatic nitrogens is 2. The third-order valence-electron chi connectivity index (χ3n) is 3.19. The Bertz CT molecular complexity index is 645. The van der Waals surface area contributed by atoms with Crippen molar-refractivity contribution in [1.29, 1.82) is 0 Å². The number of nitrogens with zero attached hydrogens (tertiary/aromatic N) is 2. The molecular formula is C14H11ClI2N2O. The predicted molar refractivity (Wildman–Crippen MR) is 95.8 cm³/mol. The van der Waals surface area contributed by atoms with Crippen LogP contribution in [0.2, 0.25) is 5.02 Å². The van der Waals surface area contributed by atoms with Gasteiger partial charge in [0.05, 0.1) is 16.4 Å². The summed E-state index contributed by atoms with van der Waals surface area (Å²) in [6, 6.07) is 5.86. The molecule has 0 aliphatic carbocycles. The van der Waals surface area contributed by atoms with Crippen molar-refractivity contribution >= 4 is 56.8 Å². The molecule has 0 spiro atoms. The van der Waals surface area contributed by atoms with Gasteiger partial charge in [0, 0.05) is 21.9 Å². The molecule has 2 aromatic rings. The molecule has 0 radical (unpaired) electrons. The van der Waals surface area contributed by atoms with E-state index >= 15 is 0 Å². The maximum Gasteiger partial charge on any atom is 0.102 e. The lowest BCUT2D eigenvalue weighted by Crippen LogP contribution is -2.04. The maximum atomic E-state index is 6.32. The Morgan fingerprint density at radius 3 is 2.90 bits per heavy atom. The van der Waals surface area contributed by atoms with Crippen LogP contribution in [0, 0.1) is 7.27 Å². The van der Waals surface area contributed by atoms with E-state index < -0.39 is 0 Å². The number of rotatable bonds is 2. The minimum Gasteiger partial charge on any atom is -0.372 e. The van der Waals surface area contributed by atoms with E-state index in [9.17, 15) is 0 Å². The molecule has 3 heterocycles. The molecule has 0 saturated carbocycles. The topological polar surface area (TPSA) is 35.0 Å². The summed E-state index contributed by atoms with van der Waals surface area (Å²) in [5.41, 5.74) is 2.71. The van der Waals surface area contributed by atoms with Gasteiger partial charge >= 0.3 is 0 Å². The van der Waals surface area contributed by atoms with Gasteiger partial charge in [-0.2, -0.15) is 0 Å². The van der Waals surface area contributed by atoms with Crippen LogP contribution in [0.15, 0.2) is 24.4 Å². The highest BCUT2D eigenvalue weighted by Crippen LogP contribution is 2.36. The van der Waals surface area contributed by atoms with E-state index in [1.165, 1.54) is 0 Å². The second-order valence-corrected chi connectivity index (χ2v) is 7.31. The van der Waals surface area contributed by atoms with Crippen molar-refractivity contribution < 1.29 is 4.74 Å². The van der Waals surface area contributed by atoms with Crippen LogP contribution in [-0.4, -0.2) is 16.6 Å². The molecule has 0 amide bonds. The summed E-state index contributed by atoms with van der Waals surface area (Å²) >= 11 is 10.8. The van der Waals surface area contributed by atoms with Crippen LogP contribution in [-0.2, 0) is 4.74 Å². The van der Waals surface area contributed by atoms with Gasteiger partial charge in [0.1, 0.15) is 9.80 Å². The molecule has 1 saturated heterocycles. The van der Waals surface area contributed by atoms with Crippen LogP contribution in [0.5, 0.6) is 0 Å². The molecular weight excluding hydrogens is 501 g/mol. The minimum absolute atomic E-state index is 0.0535. The fourth-order valence-electron chi connectivity index (χ4n) is 2.30. The second-order valence-electron chi connectivity index (χ2n) is 4.55. The van der Waals surface area contributed by atoms with Gasteiger partial charge < -0.3 is 4.74 Å². The first-order valence-corrected chi connectivity index (χ1v) is 8.78. The van der Waals surface area contributed by atoms with Crippen molar-refractivity contribution in [3.8, 4) is 11.3 Å². The summed E-state index contributed by atoms with van der Waals surface area (Å²) in [4.78, 5) is 9.15. The Labute approximate surface area is 149 Å². The zero-order valence-corrected chi connectivity index (χ0v) is 15.5. The van der Waals surface area contributed by atoms with Gasteiger partial charge in [-0.3, -0.25) is 4.98 Å². The molecule has 6 heteroatoms. The fraction of sp³-hybridized carbons (Fsp3) is 0.286. The number of hydrogen-bond donors (Lipinski definition) is 0. The molecule has 0 aromatic carbocycles. The van der Waals surface area contributed by atoms with Crippen LogP contribution in [0.25, 0.3) is 11.3 Å². The molecule has 104 valence electrons. The van der Waals surface area contributed by atoms with Crippen LogP contribution in [0.3, 0.4) is 0 Å². The standard InChI is InChI=1S/C14H11ClI2N2O/c15-10-3-4-12(17)19-13(10)9-6-8(16)7-18-14(9)11-2-1-5-20-11/h3-4,6-7,11H,1-2,5H2. The van der Waals surface area contributed by atoms with E-state index in [-0.39, 0.29) is 6.10 Å². The molecule has 1 unspecified atom stereocenters. The smallest absolute Gasteiger partial charge is 0.102 e. The van der Waals surface area contributed by atoms with Crippen molar-refractivity contribution in [1.82, 2.24) is 9.97 Å². The lowest BCUT2D eigenvalue weighted by Gasteiger charge is -2.15. The highest BCUT2D eigenvalue weighted by atomic mass is 127. The Morgan fingerprint density at radius 1 is 1.30 bits per heavy atom. The minimum atomic E-state index is 0.0535. The summed E-state index contributed by atoms with van der Waals surface area (Å²) in [6.45, 7) is 0.797. The van der Waals surface area contributed by atoms with Crippen LogP contribution in [0.4, 0.5) is 0 Å². The van der Waals surface area contributed by atoms with Gasteiger partial charge in [0.25, 0.3) is 0 Å². The molecule has 1 fully saturated rings. The molecule has 1 atom stereocenters. The second kappa shape index (κ2) is 6.41. The van der Waals surface area contributed by atoms with Crippen molar-refractivity contribution in [2.45, 2.75) is 18.9 Å². The maximum absolute atomic E-state index is 6.32. The van der Waals surface area contributed by atoms with E-state index in [0.717, 1.165) is 43.7 Å². The highest BCUT2D eigenvalue weighted by molar-refractivity contribution is 14.1. The Morgan fingerprint density at radius 2 is 2.15 bits per heavy atom. The van der Waals surface area contributed by atoms with Crippen molar-refractivity contribution in [3.63, 3.8) is 0 Å². The quantitative estimate of drug-likeness (QED) is 0.426.